The maximum Gasteiger partial charge on any atom is 0.276 e. The lowest BCUT2D eigenvalue weighted by Gasteiger charge is -2.05. The summed E-state index contributed by atoms with van der Waals surface area (Å²) in [4.78, 5) is 20.7. The molecule has 0 spiro atoms. The molecular weight excluding hydrogens is 373 g/mol. The molecule has 3 aromatic heterocycles. The molecule has 0 unspecified atom stereocenters. The van der Waals surface area contributed by atoms with Crippen LogP contribution in [0.5, 0.6) is 0 Å². The number of nitrogen functional groups attached to an aromatic ring is 1. The highest BCUT2D eigenvalue weighted by Gasteiger charge is 2.17. The van der Waals surface area contributed by atoms with E-state index in [9.17, 15) is 4.39 Å². The van der Waals surface area contributed by atoms with Crippen molar-refractivity contribution in [1.29, 1.82) is 0 Å². The van der Waals surface area contributed by atoms with Crippen molar-refractivity contribution >= 4 is 17.5 Å². The van der Waals surface area contributed by atoms with E-state index >= 15 is 0 Å². The average molecular weight is 384 g/mol. The number of pyridine rings is 1. The number of hydrogen-bond donors (Lipinski definition) is 1. The molecule has 4 rings (SSSR count). The Morgan fingerprint density at radius 1 is 1.00 bits per heavy atom. The number of hydrogen-bond acceptors (Lipinski definition) is 8. The fourth-order valence-corrected chi connectivity index (χ4v) is 2.57. The van der Waals surface area contributed by atoms with Gasteiger partial charge in [0.1, 0.15) is 17.3 Å². The van der Waals surface area contributed by atoms with Crippen LogP contribution in [0.25, 0.3) is 23.2 Å². The normalized spacial score (nSPS) is 10.9. The zero-order valence-electron chi connectivity index (χ0n) is 13.7. The lowest BCUT2D eigenvalue weighted by molar-refractivity contribution is 0.430. The van der Waals surface area contributed by atoms with Crippen LogP contribution in [-0.4, -0.2) is 30.1 Å². The van der Waals surface area contributed by atoms with Gasteiger partial charge in [0.15, 0.2) is 0 Å². The Balaban J connectivity index is 1.67. The van der Waals surface area contributed by atoms with Crippen LogP contribution in [0, 0.1) is 5.82 Å². The van der Waals surface area contributed by atoms with Gasteiger partial charge in [0.25, 0.3) is 5.89 Å². The molecule has 0 atom stereocenters. The third-order valence-electron chi connectivity index (χ3n) is 3.59. The molecule has 0 aliphatic carbocycles. The quantitative estimate of drug-likeness (QED) is 0.571. The molecule has 2 N–H and O–H groups in total. The van der Waals surface area contributed by atoms with Crippen LogP contribution in [-0.2, 0) is 6.42 Å². The minimum Gasteiger partial charge on any atom is -0.368 e. The molecule has 8 nitrogen and oxygen atoms in total. The molecule has 0 aliphatic heterocycles. The average Bonchev–Trinajstić information content (AvgIpc) is 3.16. The molecule has 0 aliphatic rings. The summed E-state index contributed by atoms with van der Waals surface area (Å²) in [7, 11) is 0. The maximum absolute atomic E-state index is 14.1. The van der Waals surface area contributed by atoms with Crippen molar-refractivity contribution < 1.29 is 8.91 Å². The number of halogens is 2. The van der Waals surface area contributed by atoms with E-state index in [1.54, 1.807) is 36.5 Å². The molecule has 0 amide bonds. The van der Waals surface area contributed by atoms with Gasteiger partial charge >= 0.3 is 0 Å². The molecule has 0 bridgehead atoms. The number of rotatable bonds is 4. The van der Waals surface area contributed by atoms with E-state index in [0.29, 0.717) is 11.3 Å². The van der Waals surface area contributed by atoms with Gasteiger partial charge in [0, 0.05) is 12.6 Å². The van der Waals surface area contributed by atoms with Gasteiger partial charge in [-0.05, 0) is 23.8 Å². The summed E-state index contributed by atoms with van der Waals surface area (Å²) in [6.45, 7) is 0. The molecule has 0 saturated heterocycles. The summed E-state index contributed by atoms with van der Waals surface area (Å²) in [5.41, 5.74) is 6.60. The van der Waals surface area contributed by atoms with Crippen molar-refractivity contribution in [2.45, 2.75) is 6.42 Å². The third-order valence-corrected chi connectivity index (χ3v) is 3.88. The largest absolute Gasteiger partial charge is 0.368 e. The smallest absolute Gasteiger partial charge is 0.276 e. The first-order valence-electron chi connectivity index (χ1n) is 7.79. The van der Waals surface area contributed by atoms with Gasteiger partial charge in [0.2, 0.25) is 17.6 Å². The number of anilines is 1. The number of nitrogens with two attached hydrogens (primary N) is 1. The second-order valence-corrected chi connectivity index (χ2v) is 5.87. The van der Waals surface area contributed by atoms with Gasteiger partial charge in [-0.3, -0.25) is 4.98 Å². The molecule has 1 aromatic carbocycles. The van der Waals surface area contributed by atoms with Crippen molar-refractivity contribution in [3.05, 3.63) is 64.8 Å². The lowest BCUT2D eigenvalue weighted by Crippen LogP contribution is -2.07. The van der Waals surface area contributed by atoms with Gasteiger partial charge < -0.3 is 10.3 Å². The number of benzene rings is 1. The SMILES string of the molecule is Nc1nc(Cc2cccc(Cl)c2F)nc(-c2noc(-c3ccccn3)n2)n1. The molecule has 27 heavy (non-hydrogen) atoms. The van der Waals surface area contributed by atoms with E-state index in [1.807, 2.05) is 0 Å². The van der Waals surface area contributed by atoms with Gasteiger partial charge in [-0.1, -0.05) is 35.0 Å². The highest BCUT2D eigenvalue weighted by molar-refractivity contribution is 6.30. The zero-order valence-corrected chi connectivity index (χ0v) is 14.4. The molecule has 0 saturated carbocycles. The first-order chi connectivity index (χ1) is 13.1. The van der Waals surface area contributed by atoms with E-state index in [2.05, 4.69) is 30.1 Å². The van der Waals surface area contributed by atoms with Crippen molar-refractivity contribution in [1.82, 2.24) is 30.1 Å². The molecule has 4 aromatic rings. The minimum atomic E-state index is -0.531. The second kappa shape index (κ2) is 7.04. The molecular formula is C17H11ClFN7O. The van der Waals surface area contributed by atoms with Gasteiger partial charge in [-0.15, -0.1) is 0 Å². The van der Waals surface area contributed by atoms with E-state index in [0.717, 1.165) is 0 Å². The van der Waals surface area contributed by atoms with Gasteiger partial charge in [-0.2, -0.15) is 15.0 Å². The van der Waals surface area contributed by atoms with Crippen LogP contribution in [0.15, 0.2) is 47.1 Å². The van der Waals surface area contributed by atoms with E-state index in [1.165, 1.54) is 6.07 Å². The number of aromatic nitrogens is 6. The predicted molar refractivity (Wildman–Crippen MR) is 95.0 cm³/mol. The Morgan fingerprint density at radius 3 is 2.70 bits per heavy atom. The van der Waals surface area contributed by atoms with Crippen LogP contribution in [0.3, 0.4) is 0 Å². The summed E-state index contributed by atoms with van der Waals surface area (Å²) in [5, 5.41) is 3.88. The predicted octanol–water partition coefficient (Wildman–Crippen LogP) is 2.95. The fourth-order valence-electron chi connectivity index (χ4n) is 2.38. The molecule has 3 heterocycles. The van der Waals surface area contributed by atoms with Crippen molar-refractivity contribution in [3.8, 4) is 23.2 Å². The summed E-state index contributed by atoms with van der Waals surface area (Å²) in [6.07, 6.45) is 1.69. The van der Waals surface area contributed by atoms with Crippen LogP contribution in [0.2, 0.25) is 5.02 Å². The molecule has 10 heteroatoms. The van der Waals surface area contributed by atoms with Crippen molar-refractivity contribution in [2.75, 3.05) is 5.73 Å². The van der Waals surface area contributed by atoms with Gasteiger partial charge in [0.05, 0.1) is 5.02 Å². The Hall–Kier alpha value is -3.46. The Kier molecular flexibility index (Phi) is 4.43. The summed E-state index contributed by atoms with van der Waals surface area (Å²) >= 11 is 5.81. The van der Waals surface area contributed by atoms with Crippen LogP contribution < -0.4 is 5.73 Å². The Morgan fingerprint density at radius 2 is 1.89 bits per heavy atom. The Labute approximate surface area is 157 Å². The molecule has 134 valence electrons. The van der Waals surface area contributed by atoms with Crippen molar-refractivity contribution in [2.24, 2.45) is 0 Å². The zero-order chi connectivity index (χ0) is 18.8. The molecule has 0 radical (unpaired) electrons. The van der Waals surface area contributed by atoms with Crippen LogP contribution in [0.1, 0.15) is 11.4 Å². The second-order valence-electron chi connectivity index (χ2n) is 5.46. The summed E-state index contributed by atoms with van der Waals surface area (Å²) in [6, 6.07) is 10.00. The highest BCUT2D eigenvalue weighted by atomic mass is 35.5. The van der Waals surface area contributed by atoms with E-state index < -0.39 is 5.82 Å². The van der Waals surface area contributed by atoms with Gasteiger partial charge in [-0.25, -0.2) is 9.37 Å². The number of nitrogens with zero attached hydrogens (tertiary/aromatic N) is 6. The summed E-state index contributed by atoms with van der Waals surface area (Å²) in [5.74, 6) is 0.136. The minimum absolute atomic E-state index is 0.0212. The standard InChI is InChI=1S/C17H11ClFN7O/c18-10-5-3-4-9(13(10)19)8-12-22-14(25-17(20)23-12)15-24-16(27-26-15)11-6-1-2-7-21-11/h1-7H,8H2,(H2,20,22,23,25). The lowest BCUT2D eigenvalue weighted by atomic mass is 10.1. The molecule has 0 fully saturated rings. The van der Waals surface area contributed by atoms with E-state index in [4.69, 9.17) is 21.9 Å². The monoisotopic (exact) mass is 383 g/mol. The van der Waals surface area contributed by atoms with Crippen molar-refractivity contribution in [3.63, 3.8) is 0 Å². The first-order valence-corrected chi connectivity index (χ1v) is 8.17. The maximum atomic E-state index is 14.1. The topological polar surface area (TPSA) is 116 Å². The fraction of sp³-hybridized carbons (Fsp3) is 0.0588. The van der Waals surface area contributed by atoms with Crippen LogP contribution >= 0.6 is 11.6 Å². The van der Waals surface area contributed by atoms with E-state index in [-0.39, 0.29) is 40.8 Å². The highest BCUT2D eigenvalue weighted by Crippen LogP contribution is 2.21. The third kappa shape index (κ3) is 3.58. The van der Waals surface area contributed by atoms with Crippen LogP contribution in [0.4, 0.5) is 10.3 Å². The first kappa shape index (κ1) is 17.0. The Bertz CT molecular complexity index is 1100. The summed E-state index contributed by atoms with van der Waals surface area (Å²) < 4.78 is 19.3.